The van der Waals surface area contributed by atoms with Crippen molar-refractivity contribution in [2.24, 2.45) is 0 Å². The van der Waals surface area contributed by atoms with Crippen LogP contribution >= 0.6 is 11.3 Å². The highest BCUT2D eigenvalue weighted by Crippen LogP contribution is 2.31. The van der Waals surface area contributed by atoms with Gasteiger partial charge in [0.25, 0.3) is 10.0 Å². The Morgan fingerprint density at radius 1 is 1.22 bits per heavy atom. The van der Waals surface area contributed by atoms with Gasteiger partial charge in [0, 0.05) is 17.7 Å². The fourth-order valence-electron chi connectivity index (χ4n) is 2.27. The Hall–Kier alpha value is -2.09. The van der Waals surface area contributed by atoms with E-state index in [9.17, 15) is 8.42 Å². The number of anilines is 1. The molecule has 0 saturated heterocycles. The number of thiophene rings is 1. The molecule has 3 aromatic rings. The van der Waals surface area contributed by atoms with Crippen molar-refractivity contribution < 1.29 is 12.8 Å². The lowest BCUT2D eigenvalue weighted by atomic mass is 10.0. The van der Waals surface area contributed by atoms with Crippen LogP contribution in [0.4, 0.5) is 5.69 Å². The largest absolute Gasteiger partial charge is 0.472 e. The van der Waals surface area contributed by atoms with Crippen molar-refractivity contribution in [1.82, 2.24) is 5.32 Å². The Morgan fingerprint density at radius 3 is 2.74 bits per heavy atom. The summed E-state index contributed by atoms with van der Waals surface area (Å²) in [6.45, 7) is 0.652. The normalized spacial score (nSPS) is 11.5. The Bertz CT molecular complexity index is 870. The first-order valence-electron chi connectivity index (χ1n) is 6.96. The first-order valence-corrected chi connectivity index (χ1v) is 9.33. The molecule has 5 nitrogen and oxygen atoms in total. The quantitative estimate of drug-likeness (QED) is 0.715. The predicted molar refractivity (Wildman–Crippen MR) is 92.0 cm³/mol. The number of sulfonamides is 1. The number of nitrogens with one attached hydrogen (secondary N) is 2. The summed E-state index contributed by atoms with van der Waals surface area (Å²) in [5, 5.41) is 4.80. The fraction of sp³-hybridized carbons (Fsp3) is 0.125. The lowest BCUT2D eigenvalue weighted by Crippen LogP contribution is -2.13. The highest BCUT2D eigenvalue weighted by atomic mass is 32.2. The van der Waals surface area contributed by atoms with E-state index in [1.165, 1.54) is 11.3 Å². The number of hydrogen-bond acceptors (Lipinski definition) is 5. The molecular formula is C16H16N2O3S2. The van der Waals surface area contributed by atoms with Crippen LogP contribution in [0.5, 0.6) is 0 Å². The van der Waals surface area contributed by atoms with E-state index in [4.69, 9.17) is 4.42 Å². The van der Waals surface area contributed by atoms with E-state index in [1.54, 1.807) is 36.1 Å². The molecule has 7 heteroatoms. The summed E-state index contributed by atoms with van der Waals surface area (Å²) in [7, 11) is -1.75. The van der Waals surface area contributed by atoms with Gasteiger partial charge in [-0.25, -0.2) is 8.42 Å². The average Bonchev–Trinajstić information content (AvgIpc) is 3.21. The van der Waals surface area contributed by atoms with Gasteiger partial charge >= 0.3 is 0 Å². The molecule has 2 aromatic heterocycles. The van der Waals surface area contributed by atoms with Crippen LogP contribution in [0.2, 0.25) is 0 Å². The lowest BCUT2D eigenvalue weighted by Gasteiger charge is -2.13. The van der Waals surface area contributed by atoms with E-state index in [0.717, 1.165) is 16.7 Å². The summed E-state index contributed by atoms with van der Waals surface area (Å²) in [6.07, 6.45) is 3.16. The second-order valence-electron chi connectivity index (χ2n) is 4.96. The molecule has 2 N–H and O–H groups in total. The molecule has 0 bridgehead atoms. The molecule has 120 valence electrons. The van der Waals surface area contributed by atoms with Crippen molar-refractivity contribution in [3.05, 3.63) is 59.9 Å². The lowest BCUT2D eigenvalue weighted by molar-refractivity contribution is 0.568. The second-order valence-corrected chi connectivity index (χ2v) is 7.82. The van der Waals surface area contributed by atoms with E-state index >= 15 is 0 Å². The molecule has 23 heavy (non-hydrogen) atoms. The van der Waals surface area contributed by atoms with Crippen molar-refractivity contribution in [1.29, 1.82) is 0 Å². The third kappa shape index (κ3) is 3.47. The standard InChI is InChI=1S/C16H16N2O3S2/c1-17-10-12-4-5-14(13-6-7-21-11-13)15(9-12)18-23(19,20)16-3-2-8-22-16/h2-9,11,17-18H,10H2,1H3. The smallest absolute Gasteiger partial charge is 0.271 e. The molecule has 0 fully saturated rings. The SMILES string of the molecule is CNCc1ccc(-c2ccoc2)c(NS(=O)(=O)c2cccs2)c1. The summed E-state index contributed by atoms with van der Waals surface area (Å²) in [6, 6.07) is 10.8. The summed E-state index contributed by atoms with van der Waals surface area (Å²) in [5.74, 6) is 0. The van der Waals surface area contributed by atoms with Crippen LogP contribution in [0.1, 0.15) is 5.56 Å². The van der Waals surface area contributed by atoms with Crippen LogP contribution in [0.15, 0.2) is 62.9 Å². The Balaban J connectivity index is 2.03. The average molecular weight is 348 g/mol. The minimum absolute atomic E-state index is 0.287. The first-order chi connectivity index (χ1) is 11.1. The van der Waals surface area contributed by atoms with Gasteiger partial charge in [0.05, 0.1) is 18.2 Å². The molecule has 0 amide bonds. The van der Waals surface area contributed by atoms with Crippen molar-refractivity contribution >= 4 is 27.0 Å². The van der Waals surface area contributed by atoms with E-state index in [2.05, 4.69) is 10.0 Å². The molecule has 0 unspecified atom stereocenters. The molecule has 0 atom stereocenters. The maximum atomic E-state index is 12.5. The van der Waals surface area contributed by atoms with Crippen LogP contribution in [-0.2, 0) is 16.6 Å². The number of hydrogen-bond donors (Lipinski definition) is 2. The minimum Gasteiger partial charge on any atom is -0.472 e. The molecule has 0 radical (unpaired) electrons. The zero-order valence-corrected chi connectivity index (χ0v) is 14.1. The van der Waals surface area contributed by atoms with Crippen molar-refractivity contribution in [2.45, 2.75) is 10.8 Å². The molecule has 3 rings (SSSR count). The fourth-order valence-corrected chi connectivity index (χ4v) is 4.33. The Kier molecular flexibility index (Phi) is 4.51. The molecule has 2 heterocycles. The van der Waals surface area contributed by atoms with Gasteiger partial charge in [-0.3, -0.25) is 4.72 Å². The van der Waals surface area contributed by atoms with Crippen molar-refractivity contribution in [2.75, 3.05) is 11.8 Å². The zero-order valence-electron chi connectivity index (χ0n) is 12.4. The van der Waals surface area contributed by atoms with Crippen molar-refractivity contribution in [3.8, 4) is 11.1 Å². The second kappa shape index (κ2) is 6.57. The van der Waals surface area contributed by atoms with Crippen LogP contribution in [0.25, 0.3) is 11.1 Å². The minimum atomic E-state index is -3.60. The van der Waals surface area contributed by atoms with E-state index < -0.39 is 10.0 Å². The number of furan rings is 1. The van der Waals surface area contributed by atoms with Gasteiger partial charge in [-0.15, -0.1) is 11.3 Å². The molecule has 0 aliphatic rings. The third-order valence-corrected chi connectivity index (χ3v) is 6.06. The van der Waals surface area contributed by atoms with Crippen LogP contribution < -0.4 is 10.0 Å². The Labute approximate surface area is 139 Å². The van der Waals surface area contributed by atoms with Crippen LogP contribution in [0.3, 0.4) is 0 Å². The highest BCUT2D eigenvalue weighted by molar-refractivity contribution is 7.94. The van der Waals surface area contributed by atoms with Gasteiger partial charge in [0.15, 0.2) is 0 Å². The predicted octanol–water partition coefficient (Wildman–Crippen LogP) is 3.53. The zero-order chi connectivity index (χ0) is 16.3. The summed E-state index contributed by atoms with van der Waals surface area (Å²) >= 11 is 1.19. The summed E-state index contributed by atoms with van der Waals surface area (Å²) in [5.41, 5.74) is 3.12. The van der Waals surface area contributed by atoms with Gasteiger partial charge in [-0.1, -0.05) is 18.2 Å². The van der Waals surface area contributed by atoms with Gasteiger partial charge in [-0.05, 0) is 36.2 Å². The van der Waals surface area contributed by atoms with E-state index in [1.807, 2.05) is 25.2 Å². The maximum Gasteiger partial charge on any atom is 0.271 e. The molecular weight excluding hydrogens is 332 g/mol. The Morgan fingerprint density at radius 2 is 2.09 bits per heavy atom. The third-order valence-electron chi connectivity index (χ3n) is 3.30. The van der Waals surface area contributed by atoms with Crippen LogP contribution in [0, 0.1) is 0 Å². The summed E-state index contributed by atoms with van der Waals surface area (Å²) < 4.78 is 33.1. The molecule has 1 aromatic carbocycles. The molecule has 0 spiro atoms. The van der Waals surface area contributed by atoms with Gasteiger partial charge in [-0.2, -0.15) is 0 Å². The highest BCUT2D eigenvalue weighted by Gasteiger charge is 2.18. The van der Waals surface area contributed by atoms with Crippen LogP contribution in [-0.4, -0.2) is 15.5 Å². The molecule has 0 aliphatic carbocycles. The maximum absolute atomic E-state index is 12.5. The number of benzene rings is 1. The number of rotatable bonds is 6. The van der Waals surface area contributed by atoms with Gasteiger partial charge in [0.2, 0.25) is 0 Å². The summed E-state index contributed by atoms with van der Waals surface area (Å²) in [4.78, 5) is 0. The van der Waals surface area contributed by atoms with Gasteiger partial charge < -0.3 is 9.73 Å². The van der Waals surface area contributed by atoms with Gasteiger partial charge in [0.1, 0.15) is 4.21 Å². The van der Waals surface area contributed by atoms with E-state index in [0.29, 0.717) is 12.2 Å². The topological polar surface area (TPSA) is 71.3 Å². The molecule has 0 aliphatic heterocycles. The van der Waals surface area contributed by atoms with Crippen molar-refractivity contribution in [3.63, 3.8) is 0 Å². The monoisotopic (exact) mass is 348 g/mol. The molecule has 0 saturated carbocycles. The first kappa shape index (κ1) is 15.8. The van der Waals surface area contributed by atoms with E-state index in [-0.39, 0.29) is 4.21 Å².